The van der Waals surface area contributed by atoms with Crippen molar-refractivity contribution in [3.8, 4) is 5.75 Å². The minimum atomic E-state index is -3.80. The van der Waals surface area contributed by atoms with Crippen LogP contribution in [0.15, 0.2) is 17.0 Å². The van der Waals surface area contributed by atoms with Crippen molar-refractivity contribution in [3.05, 3.63) is 22.7 Å². The van der Waals surface area contributed by atoms with Gasteiger partial charge in [0.05, 0.1) is 13.7 Å². The van der Waals surface area contributed by atoms with E-state index < -0.39 is 10.0 Å². The molecule has 1 aromatic carbocycles. The van der Waals surface area contributed by atoms with Crippen LogP contribution in [0.5, 0.6) is 5.75 Å². The summed E-state index contributed by atoms with van der Waals surface area (Å²) in [6.07, 6.45) is 3.02. The minimum Gasteiger partial charge on any atom is -0.495 e. The second-order valence-electron chi connectivity index (χ2n) is 4.90. The first-order valence-corrected chi connectivity index (χ1v) is 8.58. The van der Waals surface area contributed by atoms with Gasteiger partial charge in [0.25, 0.3) is 10.0 Å². The van der Waals surface area contributed by atoms with Gasteiger partial charge >= 0.3 is 0 Å². The lowest BCUT2D eigenvalue weighted by Gasteiger charge is -2.27. The van der Waals surface area contributed by atoms with E-state index in [0.717, 1.165) is 19.3 Å². The number of benzene rings is 1. The summed E-state index contributed by atoms with van der Waals surface area (Å²) < 4.78 is 30.2. The molecule has 0 bridgehead atoms. The molecule has 1 aliphatic rings. The standard InChI is InChI=1S/C13H19ClN2O4S/c1-20-13-10(9-17)7-11(14)8-12(13)21(18,19)15-16-5-3-2-4-6-16/h7-8,15,17H,2-6,9H2,1H3. The van der Waals surface area contributed by atoms with E-state index in [1.165, 1.54) is 19.2 Å². The van der Waals surface area contributed by atoms with Gasteiger partial charge in [-0.25, -0.2) is 13.4 Å². The molecule has 0 saturated carbocycles. The highest BCUT2D eigenvalue weighted by Crippen LogP contribution is 2.32. The van der Waals surface area contributed by atoms with Crippen molar-refractivity contribution in [2.75, 3.05) is 20.2 Å². The Morgan fingerprint density at radius 1 is 1.33 bits per heavy atom. The molecule has 0 spiro atoms. The smallest absolute Gasteiger partial charge is 0.257 e. The van der Waals surface area contributed by atoms with Gasteiger partial charge in [0.15, 0.2) is 0 Å². The summed E-state index contributed by atoms with van der Waals surface area (Å²) >= 11 is 5.93. The van der Waals surface area contributed by atoms with Crippen molar-refractivity contribution in [2.45, 2.75) is 30.8 Å². The molecule has 21 heavy (non-hydrogen) atoms. The maximum Gasteiger partial charge on any atom is 0.257 e. The zero-order chi connectivity index (χ0) is 15.5. The quantitative estimate of drug-likeness (QED) is 0.853. The third-order valence-electron chi connectivity index (χ3n) is 3.37. The predicted octanol–water partition coefficient (Wildman–Crippen LogP) is 1.52. The van der Waals surface area contributed by atoms with Crippen LogP contribution in [0.4, 0.5) is 0 Å². The molecule has 1 saturated heterocycles. The summed E-state index contributed by atoms with van der Waals surface area (Å²) in [5.74, 6) is 0.117. The van der Waals surface area contributed by atoms with Gasteiger partial charge in [-0.05, 0) is 25.0 Å². The number of halogens is 1. The van der Waals surface area contributed by atoms with E-state index in [1.807, 2.05) is 0 Å². The molecule has 6 nitrogen and oxygen atoms in total. The first-order chi connectivity index (χ1) is 9.97. The Labute approximate surface area is 129 Å². The monoisotopic (exact) mass is 334 g/mol. The summed E-state index contributed by atoms with van der Waals surface area (Å²) in [4.78, 5) is 2.49. The van der Waals surface area contributed by atoms with Crippen molar-refractivity contribution in [1.82, 2.24) is 9.84 Å². The van der Waals surface area contributed by atoms with E-state index >= 15 is 0 Å². The minimum absolute atomic E-state index is 0.0628. The Hall–Kier alpha value is -0.860. The number of sulfonamides is 1. The fourth-order valence-electron chi connectivity index (χ4n) is 2.38. The number of nitrogens with one attached hydrogen (secondary N) is 1. The average Bonchev–Trinajstić information content (AvgIpc) is 2.46. The Balaban J connectivity index is 2.36. The van der Waals surface area contributed by atoms with Crippen LogP contribution in [0, 0.1) is 0 Å². The number of aliphatic hydroxyl groups excluding tert-OH is 1. The van der Waals surface area contributed by atoms with Gasteiger partial charge in [-0.1, -0.05) is 18.0 Å². The number of piperidine rings is 1. The van der Waals surface area contributed by atoms with Gasteiger partial charge in [0.1, 0.15) is 10.6 Å². The number of rotatable bonds is 5. The zero-order valence-electron chi connectivity index (χ0n) is 11.8. The molecule has 0 aliphatic carbocycles. The van der Waals surface area contributed by atoms with Crippen molar-refractivity contribution in [3.63, 3.8) is 0 Å². The topological polar surface area (TPSA) is 78.9 Å². The molecule has 1 aromatic rings. The van der Waals surface area contributed by atoms with Gasteiger partial charge in [0, 0.05) is 23.7 Å². The molecule has 1 fully saturated rings. The van der Waals surface area contributed by atoms with Crippen molar-refractivity contribution in [2.24, 2.45) is 0 Å². The predicted molar refractivity (Wildman–Crippen MR) is 79.7 cm³/mol. The molecule has 2 N–H and O–H groups in total. The second-order valence-corrected chi connectivity index (χ2v) is 6.96. The van der Waals surface area contributed by atoms with Crippen LogP contribution in [0.1, 0.15) is 24.8 Å². The van der Waals surface area contributed by atoms with E-state index in [2.05, 4.69) is 4.83 Å². The molecule has 1 aliphatic heterocycles. The molecule has 2 rings (SSSR count). The SMILES string of the molecule is COc1c(CO)cc(Cl)cc1S(=O)(=O)NN1CCCCC1. The zero-order valence-corrected chi connectivity index (χ0v) is 13.4. The Bertz CT molecular complexity index is 600. The van der Waals surface area contributed by atoms with Gasteiger partial charge in [-0.3, -0.25) is 0 Å². The molecule has 0 unspecified atom stereocenters. The Kier molecular flexibility index (Phi) is 5.45. The molecule has 0 amide bonds. The summed E-state index contributed by atoms with van der Waals surface area (Å²) in [5, 5.41) is 11.2. The van der Waals surface area contributed by atoms with E-state index in [4.69, 9.17) is 16.3 Å². The first-order valence-electron chi connectivity index (χ1n) is 6.72. The van der Waals surface area contributed by atoms with Crippen molar-refractivity contribution >= 4 is 21.6 Å². The maximum absolute atomic E-state index is 12.5. The fraction of sp³-hybridized carbons (Fsp3) is 0.538. The van der Waals surface area contributed by atoms with Gasteiger partial charge in [0.2, 0.25) is 0 Å². The van der Waals surface area contributed by atoms with Gasteiger partial charge in [-0.2, -0.15) is 0 Å². The van der Waals surface area contributed by atoms with Crippen LogP contribution in [-0.2, 0) is 16.6 Å². The van der Waals surface area contributed by atoms with Crippen LogP contribution >= 0.6 is 11.6 Å². The summed E-state index contributed by atoms with van der Waals surface area (Å²) in [6.45, 7) is 1.000. The Morgan fingerprint density at radius 3 is 2.57 bits per heavy atom. The lowest BCUT2D eigenvalue weighted by molar-refractivity contribution is 0.199. The number of ether oxygens (including phenoxy) is 1. The third kappa shape index (κ3) is 3.87. The molecular formula is C13H19ClN2O4S. The summed E-state index contributed by atoms with van der Waals surface area (Å²) in [6, 6.07) is 2.81. The Morgan fingerprint density at radius 2 is 2.00 bits per heavy atom. The molecule has 0 radical (unpaired) electrons. The highest BCUT2D eigenvalue weighted by molar-refractivity contribution is 7.89. The van der Waals surface area contributed by atoms with Crippen LogP contribution in [0.3, 0.4) is 0 Å². The third-order valence-corrected chi connectivity index (χ3v) is 4.96. The average molecular weight is 335 g/mol. The first kappa shape index (κ1) is 16.5. The number of hydrogen-bond acceptors (Lipinski definition) is 5. The molecule has 118 valence electrons. The number of methoxy groups -OCH3 is 1. The molecule has 8 heteroatoms. The molecule has 1 heterocycles. The second kappa shape index (κ2) is 6.93. The number of hydrazine groups is 1. The van der Waals surface area contributed by atoms with Crippen LogP contribution in [0.2, 0.25) is 5.02 Å². The molecule has 0 aromatic heterocycles. The number of nitrogens with zero attached hydrogens (tertiary/aromatic N) is 1. The van der Waals surface area contributed by atoms with Crippen molar-refractivity contribution < 1.29 is 18.3 Å². The molecule has 0 atom stereocenters. The molecular weight excluding hydrogens is 316 g/mol. The normalized spacial score (nSPS) is 16.9. The highest BCUT2D eigenvalue weighted by atomic mass is 35.5. The van der Waals surface area contributed by atoms with Crippen LogP contribution < -0.4 is 9.57 Å². The van der Waals surface area contributed by atoms with E-state index in [1.54, 1.807) is 5.01 Å². The van der Waals surface area contributed by atoms with E-state index in [0.29, 0.717) is 18.7 Å². The van der Waals surface area contributed by atoms with Crippen LogP contribution in [0.25, 0.3) is 0 Å². The van der Waals surface area contributed by atoms with Gasteiger partial charge < -0.3 is 9.84 Å². The van der Waals surface area contributed by atoms with Crippen LogP contribution in [-0.4, -0.2) is 38.7 Å². The lowest BCUT2D eigenvalue weighted by atomic mass is 10.2. The summed E-state index contributed by atoms with van der Waals surface area (Å²) in [7, 11) is -2.44. The maximum atomic E-state index is 12.5. The van der Waals surface area contributed by atoms with E-state index in [-0.39, 0.29) is 22.3 Å². The fourth-order valence-corrected chi connectivity index (χ4v) is 4.04. The largest absolute Gasteiger partial charge is 0.495 e. The highest BCUT2D eigenvalue weighted by Gasteiger charge is 2.25. The van der Waals surface area contributed by atoms with Crippen molar-refractivity contribution in [1.29, 1.82) is 0 Å². The summed E-state index contributed by atoms with van der Waals surface area (Å²) in [5.41, 5.74) is 0.337. The number of hydrogen-bond donors (Lipinski definition) is 2. The van der Waals surface area contributed by atoms with Gasteiger partial charge in [-0.15, -0.1) is 4.83 Å². The lowest BCUT2D eigenvalue weighted by Crippen LogP contribution is -2.45. The number of aliphatic hydroxyl groups is 1. The van der Waals surface area contributed by atoms with E-state index in [9.17, 15) is 13.5 Å².